The highest BCUT2D eigenvalue weighted by molar-refractivity contribution is 7.91. The normalized spacial score (nSPS) is 22.5. The molecule has 1 aliphatic heterocycles. The number of likely N-dealkylation sites (tertiary alicyclic amines) is 1. The van der Waals surface area contributed by atoms with E-state index in [-0.39, 0.29) is 33.5 Å². The fraction of sp³-hybridized carbons (Fsp3) is 0.571. The zero-order chi connectivity index (χ0) is 15.7. The van der Waals surface area contributed by atoms with Crippen LogP contribution < -0.4 is 5.73 Å². The second-order valence-corrected chi connectivity index (χ2v) is 8.86. The molecule has 0 bridgehead atoms. The molecule has 4 nitrogen and oxygen atoms in total. The molecule has 1 fully saturated rings. The first-order chi connectivity index (χ1) is 9.76. The topological polar surface area (TPSA) is 63.4 Å². The first kappa shape index (κ1) is 20.0. The van der Waals surface area contributed by atoms with Crippen LogP contribution in [-0.4, -0.2) is 45.2 Å². The van der Waals surface area contributed by atoms with Crippen molar-refractivity contribution in [3.63, 3.8) is 0 Å². The molecule has 1 heterocycles. The second kappa shape index (κ2) is 7.69. The summed E-state index contributed by atoms with van der Waals surface area (Å²) in [6.07, 6.45) is 1.00. The van der Waals surface area contributed by atoms with Crippen molar-refractivity contribution in [1.29, 1.82) is 0 Å². The summed E-state index contributed by atoms with van der Waals surface area (Å²) in [7, 11) is -3.43. The third-order valence-corrected chi connectivity index (χ3v) is 6.44. The van der Waals surface area contributed by atoms with Crippen molar-refractivity contribution >= 4 is 45.4 Å². The van der Waals surface area contributed by atoms with Gasteiger partial charge in [-0.25, -0.2) is 8.42 Å². The van der Waals surface area contributed by atoms with Crippen LogP contribution in [0.3, 0.4) is 0 Å². The number of hydrogen-bond donors (Lipinski definition) is 1. The number of benzene rings is 1. The molecule has 126 valence electrons. The third-order valence-electron chi connectivity index (χ3n) is 4.03. The summed E-state index contributed by atoms with van der Waals surface area (Å²) >= 11 is 11.8. The summed E-state index contributed by atoms with van der Waals surface area (Å²) in [5.41, 5.74) is 5.86. The largest absolute Gasteiger partial charge is 0.330 e. The first-order valence-corrected chi connectivity index (χ1v) is 9.27. The van der Waals surface area contributed by atoms with Gasteiger partial charge in [0.1, 0.15) is 0 Å². The van der Waals surface area contributed by atoms with E-state index in [1.165, 1.54) is 12.1 Å². The molecular weight excluding hydrogens is 367 g/mol. The molecule has 0 aromatic heterocycles. The first-order valence-electron chi connectivity index (χ1n) is 6.86. The molecule has 1 aromatic rings. The van der Waals surface area contributed by atoms with Crippen LogP contribution in [0.15, 0.2) is 23.1 Å². The van der Waals surface area contributed by atoms with Gasteiger partial charge in [-0.2, -0.15) is 0 Å². The zero-order valence-corrected chi connectivity index (χ0v) is 15.5. The number of nitrogens with zero attached hydrogens (tertiary/aromatic N) is 1. The number of rotatable bonds is 5. The summed E-state index contributed by atoms with van der Waals surface area (Å²) in [5.74, 6) is 0.0354. The summed E-state index contributed by atoms with van der Waals surface area (Å²) < 4.78 is 24.8. The highest BCUT2D eigenvalue weighted by Crippen LogP contribution is 2.29. The van der Waals surface area contributed by atoms with Gasteiger partial charge in [0.15, 0.2) is 9.84 Å². The molecule has 0 amide bonds. The van der Waals surface area contributed by atoms with Gasteiger partial charge >= 0.3 is 0 Å². The van der Waals surface area contributed by atoms with E-state index in [2.05, 4.69) is 11.8 Å². The van der Waals surface area contributed by atoms with Crippen molar-refractivity contribution in [1.82, 2.24) is 4.90 Å². The number of halogens is 3. The molecule has 0 spiro atoms. The lowest BCUT2D eigenvalue weighted by molar-refractivity contribution is 0.291. The zero-order valence-electron chi connectivity index (χ0n) is 12.4. The van der Waals surface area contributed by atoms with Gasteiger partial charge in [0.05, 0.1) is 15.7 Å². The van der Waals surface area contributed by atoms with E-state index >= 15 is 0 Å². The van der Waals surface area contributed by atoms with Crippen molar-refractivity contribution in [2.24, 2.45) is 11.1 Å². The Morgan fingerprint density at radius 3 is 2.64 bits per heavy atom. The maximum Gasteiger partial charge on any atom is 0.181 e. The average Bonchev–Trinajstić information content (AvgIpc) is 2.82. The monoisotopic (exact) mass is 386 g/mol. The van der Waals surface area contributed by atoms with E-state index in [1.54, 1.807) is 6.07 Å². The molecule has 0 radical (unpaired) electrons. The van der Waals surface area contributed by atoms with Gasteiger partial charge < -0.3 is 10.6 Å². The van der Waals surface area contributed by atoms with Crippen LogP contribution in [0.5, 0.6) is 0 Å². The van der Waals surface area contributed by atoms with Crippen molar-refractivity contribution in [2.45, 2.75) is 18.2 Å². The molecule has 1 atom stereocenters. The van der Waals surface area contributed by atoms with Gasteiger partial charge in [-0.1, -0.05) is 30.1 Å². The molecule has 0 saturated carbocycles. The summed E-state index contributed by atoms with van der Waals surface area (Å²) in [6.45, 7) is 4.96. The van der Waals surface area contributed by atoms with Crippen molar-refractivity contribution in [2.75, 3.05) is 31.9 Å². The maximum absolute atomic E-state index is 12.4. The van der Waals surface area contributed by atoms with E-state index < -0.39 is 9.84 Å². The molecule has 1 saturated heterocycles. The molecule has 1 aromatic carbocycles. The van der Waals surface area contributed by atoms with Crippen molar-refractivity contribution in [3.8, 4) is 0 Å². The quantitative estimate of drug-likeness (QED) is 0.844. The number of nitrogens with two attached hydrogens (primary N) is 1. The SMILES string of the molecule is CC1(CN)CCN(CCS(=O)(=O)c2cc(Cl)ccc2Cl)C1.Cl. The van der Waals surface area contributed by atoms with Crippen LogP contribution >= 0.6 is 35.6 Å². The van der Waals surface area contributed by atoms with E-state index in [9.17, 15) is 8.42 Å². The highest BCUT2D eigenvalue weighted by atomic mass is 35.5. The van der Waals surface area contributed by atoms with Crippen molar-refractivity contribution < 1.29 is 8.42 Å². The Morgan fingerprint density at radius 1 is 1.36 bits per heavy atom. The van der Waals surface area contributed by atoms with E-state index in [1.807, 2.05) is 0 Å². The van der Waals surface area contributed by atoms with E-state index in [0.717, 1.165) is 19.5 Å². The lowest BCUT2D eigenvalue weighted by atomic mass is 9.90. The Kier molecular flexibility index (Phi) is 6.99. The molecule has 1 unspecified atom stereocenters. The number of sulfone groups is 1. The minimum absolute atomic E-state index is 0. The molecule has 8 heteroatoms. The maximum atomic E-state index is 12.4. The Balaban J connectivity index is 0.00000242. The summed E-state index contributed by atoms with van der Waals surface area (Å²) in [6, 6.07) is 4.50. The standard InChI is InChI=1S/C14H20Cl2N2O2S.ClH/c1-14(9-17)4-5-18(10-14)6-7-21(19,20)13-8-11(15)2-3-12(13)16;/h2-3,8H,4-7,9-10,17H2,1H3;1H. The van der Waals surface area contributed by atoms with E-state index in [4.69, 9.17) is 28.9 Å². The molecule has 2 N–H and O–H groups in total. The van der Waals surface area contributed by atoms with Gasteiger partial charge in [0.25, 0.3) is 0 Å². The molecule has 2 rings (SSSR count). The Labute approximate surface area is 148 Å². The summed E-state index contributed by atoms with van der Waals surface area (Å²) in [5, 5.41) is 0.586. The number of hydrogen-bond acceptors (Lipinski definition) is 4. The molecule has 22 heavy (non-hydrogen) atoms. The van der Waals surface area contributed by atoms with Crippen LogP contribution in [0.4, 0.5) is 0 Å². The van der Waals surface area contributed by atoms with Crippen LogP contribution in [-0.2, 0) is 9.84 Å². The minimum atomic E-state index is -3.43. The van der Waals surface area contributed by atoms with Gasteiger partial charge in [-0.05, 0) is 43.1 Å². The molecule has 0 aliphatic carbocycles. The Bertz CT molecular complexity index is 625. The van der Waals surface area contributed by atoms with Gasteiger partial charge in [0.2, 0.25) is 0 Å². The predicted octanol–water partition coefficient (Wildman–Crippen LogP) is 2.86. The Hall–Kier alpha value is -0.0400. The van der Waals surface area contributed by atoms with Crippen LogP contribution in [0.25, 0.3) is 0 Å². The summed E-state index contributed by atoms with van der Waals surface area (Å²) in [4.78, 5) is 2.25. The highest BCUT2D eigenvalue weighted by Gasteiger charge is 2.33. The predicted molar refractivity (Wildman–Crippen MR) is 94.0 cm³/mol. The van der Waals surface area contributed by atoms with Gasteiger partial charge in [-0.15, -0.1) is 12.4 Å². The third kappa shape index (κ3) is 4.73. The van der Waals surface area contributed by atoms with Crippen LogP contribution in [0.1, 0.15) is 13.3 Å². The van der Waals surface area contributed by atoms with Crippen LogP contribution in [0.2, 0.25) is 10.0 Å². The lowest BCUT2D eigenvalue weighted by Gasteiger charge is -2.22. The smallest absolute Gasteiger partial charge is 0.181 e. The minimum Gasteiger partial charge on any atom is -0.330 e. The lowest BCUT2D eigenvalue weighted by Crippen LogP contribution is -2.33. The van der Waals surface area contributed by atoms with E-state index in [0.29, 0.717) is 18.1 Å². The van der Waals surface area contributed by atoms with Gasteiger partial charge in [0, 0.05) is 18.1 Å². The average molecular weight is 388 g/mol. The fourth-order valence-corrected chi connectivity index (χ4v) is 4.66. The molecule has 1 aliphatic rings. The Morgan fingerprint density at radius 2 is 2.05 bits per heavy atom. The van der Waals surface area contributed by atoms with Gasteiger partial charge in [-0.3, -0.25) is 0 Å². The van der Waals surface area contributed by atoms with Crippen molar-refractivity contribution in [3.05, 3.63) is 28.2 Å². The second-order valence-electron chi connectivity index (χ2n) is 5.93. The van der Waals surface area contributed by atoms with Crippen LogP contribution in [0, 0.1) is 5.41 Å². The fourth-order valence-electron chi connectivity index (χ4n) is 2.56. The molecular formula is C14H21Cl3N2O2S.